The van der Waals surface area contributed by atoms with E-state index in [9.17, 15) is 24.4 Å². The molecule has 2 aliphatic rings. The molecule has 0 aromatic heterocycles. The second kappa shape index (κ2) is 7.68. The van der Waals surface area contributed by atoms with Crippen LogP contribution in [0.15, 0.2) is 12.2 Å². The van der Waals surface area contributed by atoms with Crippen molar-refractivity contribution in [3.8, 4) is 6.07 Å². The van der Waals surface area contributed by atoms with Crippen molar-refractivity contribution in [2.75, 3.05) is 13.2 Å². The molecule has 0 aromatic carbocycles. The third-order valence-electron chi connectivity index (χ3n) is 5.04. The van der Waals surface area contributed by atoms with Crippen molar-refractivity contribution in [2.45, 2.75) is 39.2 Å². The van der Waals surface area contributed by atoms with Crippen molar-refractivity contribution >= 4 is 23.7 Å². The Morgan fingerprint density at radius 3 is 2.31 bits per heavy atom. The minimum absolute atomic E-state index is 0.135. The zero-order valence-corrected chi connectivity index (χ0v) is 15.2. The van der Waals surface area contributed by atoms with Crippen molar-refractivity contribution in [3.05, 3.63) is 12.2 Å². The highest BCUT2D eigenvalue weighted by Crippen LogP contribution is 2.34. The van der Waals surface area contributed by atoms with Crippen LogP contribution in [0.25, 0.3) is 0 Å². The summed E-state index contributed by atoms with van der Waals surface area (Å²) in [6, 6.07) is 2.02. The summed E-state index contributed by atoms with van der Waals surface area (Å²) in [7, 11) is 0. The highest BCUT2D eigenvalue weighted by Gasteiger charge is 2.47. The van der Waals surface area contributed by atoms with Crippen LogP contribution in [0.1, 0.15) is 33.6 Å². The molecule has 140 valence electrons. The van der Waals surface area contributed by atoms with Crippen molar-refractivity contribution in [1.29, 1.82) is 5.26 Å². The van der Waals surface area contributed by atoms with Crippen molar-refractivity contribution in [2.24, 2.45) is 17.8 Å². The average Bonchev–Trinajstić information content (AvgIpc) is 2.85. The molecule has 3 amide bonds. The highest BCUT2D eigenvalue weighted by atomic mass is 16.5. The molecule has 26 heavy (non-hydrogen) atoms. The Bertz CT molecular complexity index is 667. The molecular formula is C18H23N3O5. The molecule has 0 spiro atoms. The Morgan fingerprint density at radius 1 is 1.31 bits per heavy atom. The van der Waals surface area contributed by atoms with Gasteiger partial charge in [0, 0.05) is 0 Å². The minimum atomic E-state index is -1.08. The van der Waals surface area contributed by atoms with Crippen LogP contribution in [-0.4, -0.2) is 47.3 Å². The molecule has 0 saturated carbocycles. The van der Waals surface area contributed by atoms with Crippen molar-refractivity contribution < 1.29 is 23.9 Å². The summed E-state index contributed by atoms with van der Waals surface area (Å²) in [5.41, 5.74) is -1.08. The van der Waals surface area contributed by atoms with E-state index in [4.69, 9.17) is 4.74 Å². The summed E-state index contributed by atoms with van der Waals surface area (Å²) < 4.78 is 4.86. The minimum Gasteiger partial charge on any atom is -0.454 e. The Balaban J connectivity index is 1.86. The van der Waals surface area contributed by atoms with Crippen molar-refractivity contribution in [1.82, 2.24) is 10.2 Å². The standard InChI is InChI=1S/C18H23N3O5/c1-11(2)18(3,10-19)20-14(22)9-26-15(23)8-21-16(24)12-6-4-5-7-13(12)17(21)25/h4-5,11-13H,6-9H2,1-3H3,(H,20,22)/t12-,13+,18-/m1/s1. The van der Waals surface area contributed by atoms with Gasteiger partial charge in [0.15, 0.2) is 6.61 Å². The summed E-state index contributed by atoms with van der Waals surface area (Å²) in [4.78, 5) is 49.3. The van der Waals surface area contributed by atoms with E-state index in [0.717, 1.165) is 4.90 Å². The Labute approximate surface area is 152 Å². The van der Waals surface area contributed by atoms with Crippen molar-refractivity contribution in [3.63, 3.8) is 0 Å². The molecule has 2 rings (SSSR count). The fraction of sp³-hybridized carbons (Fsp3) is 0.611. The normalized spacial score (nSPS) is 24.0. The lowest BCUT2D eigenvalue weighted by Crippen LogP contribution is -2.50. The molecule has 0 radical (unpaired) electrons. The summed E-state index contributed by atoms with van der Waals surface area (Å²) in [5, 5.41) is 11.7. The van der Waals surface area contributed by atoms with Gasteiger partial charge in [0.1, 0.15) is 12.1 Å². The van der Waals surface area contributed by atoms with Crippen LogP contribution in [0.3, 0.4) is 0 Å². The third-order valence-corrected chi connectivity index (χ3v) is 5.04. The number of esters is 1. The maximum atomic E-state index is 12.3. The number of carbonyl (C=O) groups excluding carboxylic acids is 4. The van der Waals surface area contributed by atoms with Gasteiger partial charge in [-0.1, -0.05) is 26.0 Å². The van der Waals surface area contributed by atoms with Crippen LogP contribution in [-0.2, 0) is 23.9 Å². The van der Waals surface area contributed by atoms with Crippen LogP contribution in [0.2, 0.25) is 0 Å². The molecule has 1 heterocycles. The van der Waals surface area contributed by atoms with Gasteiger partial charge in [-0.25, -0.2) is 0 Å². The summed E-state index contributed by atoms with van der Waals surface area (Å²) in [5.74, 6) is -3.16. The smallest absolute Gasteiger partial charge is 0.326 e. The number of nitriles is 1. The average molecular weight is 361 g/mol. The molecule has 8 heteroatoms. The predicted octanol–water partition coefficient (Wildman–Crippen LogP) is 0.535. The molecule has 3 atom stereocenters. The number of nitrogens with one attached hydrogen (secondary N) is 1. The number of ether oxygens (including phenoxy) is 1. The molecular weight excluding hydrogens is 338 g/mol. The fourth-order valence-corrected chi connectivity index (χ4v) is 2.97. The second-order valence-corrected chi connectivity index (χ2v) is 7.10. The quantitative estimate of drug-likeness (QED) is 0.419. The number of rotatable bonds is 6. The van der Waals surface area contributed by atoms with Crippen LogP contribution in [0, 0.1) is 29.1 Å². The SMILES string of the molecule is CC(C)[C@@](C)(C#N)NC(=O)COC(=O)CN1C(=O)[C@H]2CC=CC[C@H]2C1=O. The number of amides is 3. The number of allylic oxidation sites excluding steroid dienone is 2. The Kier molecular flexibility index (Phi) is 5.80. The molecule has 8 nitrogen and oxygen atoms in total. The van der Waals surface area contributed by atoms with Gasteiger partial charge >= 0.3 is 5.97 Å². The van der Waals surface area contributed by atoms with Crippen LogP contribution in [0.5, 0.6) is 0 Å². The first kappa shape index (κ1) is 19.6. The maximum Gasteiger partial charge on any atom is 0.326 e. The number of carbonyl (C=O) groups is 4. The Morgan fingerprint density at radius 2 is 1.85 bits per heavy atom. The first-order chi connectivity index (χ1) is 12.2. The van der Waals surface area contributed by atoms with Gasteiger partial charge < -0.3 is 10.1 Å². The lowest BCUT2D eigenvalue weighted by molar-refractivity contribution is -0.155. The van der Waals surface area contributed by atoms with E-state index in [-0.39, 0.29) is 17.7 Å². The van der Waals surface area contributed by atoms with Crippen LogP contribution >= 0.6 is 0 Å². The zero-order chi connectivity index (χ0) is 19.5. The van der Waals surface area contributed by atoms with Gasteiger partial charge in [0.25, 0.3) is 5.91 Å². The van der Waals surface area contributed by atoms with Crippen LogP contribution in [0.4, 0.5) is 0 Å². The molecule has 1 aliphatic heterocycles. The maximum absolute atomic E-state index is 12.3. The van der Waals surface area contributed by atoms with Crippen LogP contribution < -0.4 is 5.32 Å². The van der Waals surface area contributed by atoms with Gasteiger partial charge in [-0.05, 0) is 25.7 Å². The topological polar surface area (TPSA) is 117 Å². The first-order valence-corrected chi connectivity index (χ1v) is 8.57. The number of hydrogen-bond donors (Lipinski definition) is 1. The summed E-state index contributed by atoms with van der Waals surface area (Å²) in [6.45, 7) is 4.07. The third kappa shape index (κ3) is 3.93. The van der Waals surface area contributed by atoms with E-state index < -0.39 is 42.4 Å². The van der Waals surface area contributed by atoms with E-state index in [1.165, 1.54) is 0 Å². The van der Waals surface area contributed by atoms with E-state index in [1.54, 1.807) is 20.8 Å². The van der Waals surface area contributed by atoms with Gasteiger partial charge in [-0.2, -0.15) is 5.26 Å². The monoisotopic (exact) mass is 361 g/mol. The van der Waals surface area contributed by atoms with E-state index in [0.29, 0.717) is 12.8 Å². The van der Waals surface area contributed by atoms with E-state index in [2.05, 4.69) is 5.32 Å². The fourth-order valence-electron chi connectivity index (χ4n) is 2.97. The van der Waals surface area contributed by atoms with Gasteiger partial charge in [-0.15, -0.1) is 0 Å². The Hall–Kier alpha value is -2.69. The predicted molar refractivity (Wildman–Crippen MR) is 90.0 cm³/mol. The largest absolute Gasteiger partial charge is 0.454 e. The number of hydrogen-bond acceptors (Lipinski definition) is 6. The molecule has 1 N–H and O–H groups in total. The van der Waals surface area contributed by atoms with Gasteiger partial charge in [-0.3, -0.25) is 24.1 Å². The molecule has 0 aromatic rings. The zero-order valence-electron chi connectivity index (χ0n) is 15.2. The summed E-state index contributed by atoms with van der Waals surface area (Å²) in [6.07, 6.45) is 4.70. The lowest BCUT2D eigenvalue weighted by Gasteiger charge is -2.27. The van der Waals surface area contributed by atoms with Gasteiger partial charge in [0.2, 0.25) is 11.8 Å². The first-order valence-electron chi connectivity index (χ1n) is 8.57. The van der Waals surface area contributed by atoms with E-state index in [1.807, 2.05) is 18.2 Å². The molecule has 1 aliphatic carbocycles. The number of likely N-dealkylation sites (tertiary alicyclic amines) is 1. The lowest BCUT2D eigenvalue weighted by atomic mass is 9.85. The van der Waals surface area contributed by atoms with E-state index >= 15 is 0 Å². The highest BCUT2D eigenvalue weighted by molar-refractivity contribution is 6.07. The number of fused-ring (bicyclic) bond motifs is 1. The molecule has 0 unspecified atom stereocenters. The number of imide groups is 1. The van der Waals surface area contributed by atoms with Gasteiger partial charge in [0.05, 0.1) is 17.9 Å². The number of nitrogens with zero attached hydrogens (tertiary/aromatic N) is 2. The summed E-state index contributed by atoms with van der Waals surface area (Å²) >= 11 is 0. The second-order valence-electron chi connectivity index (χ2n) is 7.10. The molecule has 1 saturated heterocycles. The molecule has 1 fully saturated rings. The molecule has 0 bridgehead atoms.